The van der Waals surface area contributed by atoms with E-state index in [2.05, 4.69) is 0 Å². The van der Waals surface area contributed by atoms with Gasteiger partial charge in [-0.3, -0.25) is 10.1 Å². The van der Waals surface area contributed by atoms with Crippen molar-refractivity contribution in [3.8, 4) is 11.5 Å². The number of benzene rings is 2. The highest BCUT2D eigenvalue weighted by Gasteiger charge is 2.46. The summed E-state index contributed by atoms with van der Waals surface area (Å²) in [5.74, 6) is 1.22. The molecule has 148 valence electrons. The summed E-state index contributed by atoms with van der Waals surface area (Å²) in [6, 6.07) is 14.2. The minimum atomic E-state index is -0.745. The average Bonchev–Trinajstić information content (AvgIpc) is 2.73. The second-order valence-electron chi connectivity index (χ2n) is 6.98. The number of rotatable bonds is 6. The summed E-state index contributed by atoms with van der Waals surface area (Å²) in [5.41, 5.74) is 2.82. The smallest absolute Gasteiger partial charge is 0.243 e. The average molecular weight is 382 g/mol. The van der Waals surface area contributed by atoms with Crippen LogP contribution in [0.5, 0.6) is 11.5 Å². The number of anilines is 1. The SMILES string of the molecule is CCC1C([N+](=O)[O-])C(c2ccc(OC)cc2)C(C)=CN1c1ccc(OC)cc1. The molecule has 6 heteroatoms. The van der Waals surface area contributed by atoms with Crippen molar-refractivity contribution in [2.24, 2.45) is 0 Å². The van der Waals surface area contributed by atoms with Gasteiger partial charge in [0.15, 0.2) is 0 Å². The van der Waals surface area contributed by atoms with E-state index in [-0.39, 0.29) is 16.9 Å². The third kappa shape index (κ3) is 3.67. The van der Waals surface area contributed by atoms with Gasteiger partial charge < -0.3 is 14.4 Å². The fraction of sp³-hybridized carbons (Fsp3) is 0.364. The van der Waals surface area contributed by atoms with E-state index in [1.54, 1.807) is 14.2 Å². The lowest BCUT2D eigenvalue weighted by molar-refractivity contribution is -0.529. The van der Waals surface area contributed by atoms with E-state index < -0.39 is 6.04 Å². The molecule has 0 bridgehead atoms. The molecular weight excluding hydrogens is 356 g/mol. The summed E-state index contributed by atoms with van der Waals surface area (Å²) in [6.45, 7) is 3.96. The maximum absolute atomic E-state index is 12.2. The number of hydrogen-bond acceptors (Lipinski definition) is 5. The molecule has 1 aliphatic rings. The van der Waals surface area contributed by atoms with Gasteiger partial charge in [0, 0.05) is 16.8 Å². The van der Waals surface area contributed by atoms with E-state index in [1.165, 1.54) is 0 Å². The van der Waals surface area contributed by atoms with Crippen molar-refractivity contribution in [1.29, 1.82) is 0 Å². The van der Waals surface area contributed by atoms with Crippen molar-refractivity contribution in [2.45, 2.75) is 38.3 Å². The molecule has 1 aliphatic heterocycles. The van der Waals surface area contributed by atoms with E-state index >= 15 is 0 Å². The Balaban J connectivity index is 2.05. The number of ether oxygens (including phenoxy) is 2. The molecule has 0 saturated carbocycles. The van der Waals surface area contributed by atoms with Crippen LogP contribution in [0.3, 0.4) is 0 Å². The van der Waals surface area contributed by atoms with Crippen LogP contribution < -0.4 is 14.4 Å². The standard InChI is InChI=1S/C22H26N2O4/c1-5-20-22(24(25)26)21(16-6-10-18(27-3)11-7-16)15(2)14-23(20)17-8-12-19(28-4)13-9-17/h6-14,20-22H,5H2,1-4H3. The maximum atomic E-state index is 12.2. The second-order valence-corrected chi connectivity index (χ2v) is 6.98. The minimum Gasteiger partial charge on any atom is -0.497 e. The topological polar surface area (TPSA) is 64.8 Å². The summed E-state index contributed by atoms with van der Waals surface area (Å²) in [6.07, 6.45) is 2.71. The van der Waals surface area contributed by atoms with E-state index in [1.807, 2.05) is 73.5 Å². The molecular formula is C22H26N2O4. The second kappa shape index (κ2) is 8.33. The predicted molar refractivity (Wildman–Crippen MR) is 110 cm³/mol. The first kappa shape index (κ1) is 19.7. The number of nitrogens with zero attached hydrogens (tertiary/aromatic N) is 2. The zero-order valence-corrected chi connectivity index (χ0v) is 16.7. The van der Waals surface area contributed by atoms with E-state index in [4.69, 9.17) is 9.47 Å². The van der Waals surface area contributed by atoms with Crippen LogP contribution in [0.15, 0.2) is 60.3 Å². The predicted octanol–water partition coefficient (Wildman–Crippen LogP) is 4.64. The highest BCUT2D eigenvalue weighted by Crippen LogP contribution is 2.40. The van der Waals surface area contributed by atoms with Gasteiger partial charge in [-0.2, -0.15) is 0 Å². The minimum absolute atomic E-state index is 0.129. The molecule has 3 rings (SSSR count). The molecule has 0 aliphatic carbocycles. The maximum Gasteiger partial charge on any atom is 0.243 e. The first-order chi connectivity index (χ1) is 13.5. The number of hydrogen-bond donors (Lipinski definition) is 0. The van der Waals surface area contributed by atoms with Gasteiger partial charge in [-0.25, -0.2) is 0 Å². The monoisotopic (exact) mass is 382 g/mol. The molecule has 3 atom stereocenters. The highest BCUT2D eigenvalue weighted by atomic mass is 16.6. The van der Waals surface area contributed by atoms with Crippen molar-refractivity contribution in [2.75, 3.05) is 19.1 Å². The Hall–Kier alpha value is -3.02. The van der Waals surface area contributed by atoms with Crippen molar-refractivity contribution in [1.82, 2.24) is 0 Å². The van der Waals surface area contributed by atoms with Crippen molar-refractivity contribution in [3.63, 3.8) is 0 Å². The molecule has 2 aromatic carbocycles. The number of nitro groups is 1. The molecule has 0 spiro atoms. The Morgan fingerprint density at radius 2 is 1.54 bits per heavy atom. The zero-order chi connectivity index (χ0) is 20.3. The summed E-state index contributed by atoms with van der Waals surface area (Å²) in [7, 11) is 3.23. The van der Waals surface area contributed by atoms with Crippen LogP contribution in [0.1, 0.15) is 31.7 Å². The van der Waals surface area contributed by atoms with Crippen LogP contribution in [0.2, 0.25) is 0 Å². The van der Waals surface area contributed by atoms with E-state index in [9.17, 15) is 10.1 Å². The Morgan fingerprint density at radius 3 is 2.00 bits per heavy atom. The van der Waals surface area contributed by atoms with Crippen molar-refractivity contribution >= 4 is 5.69 Å². The third-order valence-corrected chi connectivity index (χ3v) is 5.43. The fourth-order valence-corrected chi connectivity index (χ4v) is 4.04. The Labute approximate surface area is 165 Å². The van der Waals surface area contributed by atoms with Gasteiger partial charge in [0.05, 0.1) is 20.1 Å². The quantitative estimate of drug-likeness (QED) is 0.538. The fourth-order valence-electron chi connectivity index (χ4n) is 4.04. The molecule has 28 heavy (non-hydrogen) atoms. The largest absolute Gasteiger partial charge is 0.497 e. The van der Waals surface area contributed by atoms with Gasteiger partial charge in [-0.15, -0.1) is 0 Å². The van der Waals surface area contributed by atoms with Crippen molar-refractivity contribution in [3.05, 3.63) is 76.0 Å². The Kier molecular flexibility index (Phi) is 5.87. The third-order valence-electron chi connectivity index (χ3n) is 5.43. The van der Waals surface area contributed by atoms with Gasteiger partial charge in [-0.1, -0.05) is 19.1 Å². The molecule has 1 heterocycles. The zero-order valence-electron chi connectivity index (χ0n) is 16.7. The molecule has 2 aromatic rings. The van der Waals surface area contributed by atoms with Crippen molar-refractivity contribution < 1.29 is 14.4 Å². The molecule has 0 fully saturated rings. The first-order valence-corrected chi connectivity index (χ1v) is 9.38. The van der Waals surface area contributed by atoms with Gasteiger partial charge in [0.1, 0.15) is 17.5 Å². The molecule has 0 amide bonds. The molecule has 0 radical (unpaired) electrons. The summed E-state index contributed by atoms with van der Waals surface area (Å²) in [4.78, 5) is 14.1. The van der Waals surface area contributed by atoms with Gasteiger partial charge in [0.25, 0.3) is 0 Å². The van der Waals surface area contributed by atoms with Crippen LogP contribution in [-0.4, -0.2) is 31.2 Å². The Morgan fingerprint density at radius 1 is 1.00 bits per heavy atom. The number of methoxy groups -OCH3 is 2. The first-order valence-electron chi connectivity index (χ1n) is 9.38. The van der Waals surface area contributed by atoms with Crippen LogP contribution >= 0.6 is 0 Å². The molecule has 3 unspecified atom stereocenters. The summed E-state index contributed by atoms with van der Waals surface area (Å²) in [5, 5.41) is 12.2. The lowest BCUT2D eigenvalue weighted by Crippen LogP contribution is -2.51. The highest BCUT2D eigenvalue weighted by molar-refractivity contribution is 5.55. The normalized spacial score (nSPS) is 21.8. The Bertz CT molecular complexity index is 846. The van der Waals surface area contributed by atoms with Crippen LogP contribution in [0, 0.1) is 10.1 Å². The van der Waals surface area contributed by atoms with Gasteiger partial charge in [-0.05, 0) is 60.9 Å². The van der Waals surface area contributed by atoms with Crippen LogP contribution in [0.25, 0.3) is 0 Å². The summed E-state index contributed by atoms with van der Waals surface area (Å²) >= 11 is 0. The van der Waals surface area contributed by atoms with Gasteiger partial charge >= 0.3 is 0 Å². The molecule has 0 saturated heterocycles. The lowest BCUT2D eigenvalue weighted by Gasteiger charge is -2.40. The van der Waals surface area contributed by atoms with Crippen LogP contribution in [0.4, 0.5) is 5.69 Å². The van der Waals surface area contributed by atoms with Gasteiger partial charge in [0.2, 0.25) is 6.04 Å². The molecule has 0 aromatic heterocycles. The van der Waals surface area contributed by atoms with E-state index in [0.29, 0.717) is 6.42 Å². The summed E-state index contributed by atoms with van der Waals surface area (Å²) < 4.78 is 10.5. The van der Waals surface area contributed by atoms with E-state index in [0.717, 1.165) is 28.3 Å². The lowest BCUT2D eigenvalue weighted by atomic mass is 9.78. The van der Waals surface area contributed by atoms with Crippen LogP contribution in [-0.2, 0) is 0 Å². The molecule has 6 nitrogen and oxygen atoms in total. The molecule has 0 N–H and O–H groups in total.